The van der Waals surface area contributed by atoms with Crippen LogP contribution in [-0.2, 0) is 16.1 Å². The zero-order valence-corrected chi connectivity index (χ0v) is 20.4. The third-order valence-electron chi connectivity index (χ3n) is 6.61. The molecule has 2 aromatic rings. The molecule has 1 N–H and O–H groups in total. The van der Waals surface area contributed by atoms with E-state index in [0.29, 0.717) is 24.4 Å². The number of carbonyl (C=O) groups excluding carboxylic acids is 2. The predicted molar refractivity (Wildman–Crippen MR) is 135 cm³/mol. The molecule has 2 aromatic carbocycles. The van der Waals surface area contributed by atoms with Gasteiger partial charge >= 0.3 is 12.0 Å². The summed E-state index contributed by atoms with van der Waals surface area (Å²) < 4.78 is 10.4. The third kappa shape index (κ3) is 6.62. The Kier molecular flexibility index (Phi) is 9.56. The normalized spacial score (nSPS) is 19.7. The Balaban J connectivity index is 1.90. The lowest BCUT2D eigenvalue weighted by Gasteiger charge is -2.35. The van der Waals surface area contributed by atoms with Crippen LogP contribution in [0.1, 0.15) is 44.6 Å². The Hall–Kier alpha value is -3.28. The summed E-state index contributed by atoms with van der Waals surface area (Å²) in [5.41, 5.74) is 1.71. The smallest absolute Gasteiger partial charge is 0.322 e. The molecule has 0 heterocycles. The Bertz CT molecular complexity index is 960. The molecule has 6 heteroatoms. The molecule has 2 amide bonds. The Morgan fingerprint density at radius 3 is 2.47 bits per heavy atom. The number of anilines is 1. The van der Waals surface area contributed by atoms with Crippen molar-refractivity contribution in [2.75, 3.05) is 19.5 Å². The van der Waals surface area contributed by atoms with Gasteiger partial charge in [0.15, 0.2) is 0 Å². The van der Waals surface area contributed by atoms with Crippen molar-refractivity contribution in [1.82, 2.24) is 4.90 Å². The van der Waals surface area contributed by atoms with E-state index < -0.39 is 0 Å². The number of amides is 2. The second-order valence-electron chi connectivity index (χ2n) is 8.71. The molecule has 182 valence electrons. The quantitative estimate of drug-likeness (QED) is 0.344. The van der Waals surface area contributed by atoms with Crippen LogP contribution in [0.5, 0.6) is 5.75 Å². The number of methoxy groups -OCH3 is 2. The average Bonchev–Trinajstić information content (AvgIpc) is 3.25. The molecule has 0 aliphatic heterocycles. The van der Waals surface area contributed by atoms with E-state index in [-0.39, 0.29) is 29.9 Å². The van der Waals surface area contributed by atoms with Gasteiger partial charge in [-0.3, -0.25) is 4.79 Å². The molecular weight excluding hydrogens is 428 g/mol. The van der Waals surface area contributed by atoms with E-state index in [2.05, 4.69) is 24.4 Å². The minimum atomic E-state index is -0.191. The third-order valence-corrected chi connectivity index (χ3v) is 6.61. The van der Waals surface area contributed by atoms with Crippen LogP contribution in [0.25, 0.3) is 0 Å². The maximum Gasteiger partial charge on any atom is 0.322 e. The molecule has 0 saturated heterocycles. The molecule has 3 atom stereocenters. The largest absolute Gasteiger partial charge is 0.495 e. The highest BCUT2D eigenvalue weighted by molar-refractivity contribution is 5.91. The van der Waals surface area contributed by atoms with E-state index >= 15 is 0 Å². The van der Waals surface area contributed by atoms with E-state index in [0.717, 1.165) is 31.2 Å². The van der Waals surface area contributed by atoms with E-state index in [1.165, 1.54) is 7.11 Å². The number of ether oxygens (including phenoxy) is 2. The van der Waals surface area contributed by atoms with Crippen LogP contribution in [0.15, 0.2) is 66.7 Å². The van der Waals surface area contributed by atoms with Gasteiger partial charge in [0.1, 0.15) is 5.75 Å². The molecule has 0 radical (unpaired) electrons. The van der Waals surface area contributed by atoms with Gasteiger partial charge in [-0.15, -0.1) is 0 Å². The topological polar surface area (TPSA) is 67.9 Å². The van der Waals surface area contributed by atoms with E-state index in [1.807, 2.05) is 59.5 Å². The lowest BCUT2D eigenvalue weighted by atomic mass is 9.87. The van der Waals surface area contributed by atoms with Gasteiger partial charge in [0.2, 0.25) is 0 Å². The minimum Gasteiger partial charge on any atom is -0.495 e. The van der Waals surface area contributed by atoms with Crippen LogP contribution < -0.4 is 10.1 Å². The van der Waals surface area contributed by atoms with E-state index in [9.17, 15) is 9.59 Å². The molecular formula is C28H36N2O4. The summed E-state index contributed by atoms with van der Waals surface area (Å²) >= 11 is 0. The molecule has 3 rings (SSSR count). The summed E-state index contributed by atoms with van der Waals surface area (Å²) in [6.07, 6.45) is 8.24. The van der Waals surface area contributed by atoms with Crippen LogP contribution >= 0.6 is 0 Å². The second-order valence-corrected chi connectivity index (χ2v) is 8.71. The number of urea groups is 1. The molecule has 1 aliphatic carbocycles. The minimum absolute atomic E-state index is 0.00563. The fourth-order valence-corrected chi connectivity index (χ4v) is 4.89. The molecule has 3 unspecified atom stereocenters. The SMILES string of the molecule is CC/C=C/CC1C(CC(=O)OC)CCC1N(Cc1ccccc1)C(=O)Nc1ccccc1OC. The number of nitrogens with one attached hydrogen (secondary N) is 1. The number of nitrogens with zero attached hydrogens (tertiary/aromatic N) is 1. The molecule has 1 saturated carbocycles. The maximum atomic E-state index is 13.7. The lowest BCUT2D eigenvalue weighted by molar-refractivity contribution is -0.142. The summed E-state index contributed by atoms with van der Waals surface area (Å²) in [4.78, 5) is 27.7. The van der Waals surface area contributed by atoms with E-state index in [4.69, 9.17) is 9.47 Å². The number of esters is 1. The van der Waals surface area contributed by atoms with Gasteiger partial charge in [-0.25, -0.2) is 4.79 Å². The van der Waals surface area contributed by atoms with Crippen molar-refractivity contribution in [1.29, 1.82) is 0 Å². The van der Waals surface area contributed by atoms with Crippen molar-refractivity contribution in [2.45, 2.75) is 51.6 Å². The Labute approximate surface area is 202 Å². The zero-order chi connectivity index (χ0) is 24.3. The summed E-state index contributed by atoms with van der Waals surface area (Å²) in [7, 11) is 3.03. The first kappa shape index (κ1) is 25.3. The Morgan fingerprint density at radius 2 is 1.76 bits per heavy atom. The second kappa shape index (κ2) is 12.8. The number of carbonyl (C=O) groups is 2. The van der Waals surface area contributed by atoms with Crippen molar-refractivity contribution < 1.29 is 19.1 Å². The van der Waals surface area contributed by atoms with Crippen LogP contribution in [0.2, 0.25) is 0 Å². The highest BCUT2D eigenvalue weighted by Crippen LogP contribution is 2.41. The zero-order valence-electron chi connectivity index (χ0n) is 20.4. The molecule has 0 aromatic heterocycles. The molecule has 34 heavy (non-hydrogen) atoms. The first-order valence-electron chi connectivity index (χ1n) is 12.0. The highest BCUT2D eigenvalue weighted by Gasteiger charge is 2.41. The van der Waals surface area contributed by atoms with Crippen molar-refractivity contribution in [3.05, 3.63) is 72.3 Å². The number of para-hydroxylation sites is 2. The summed E-state index contributed by atoms with van der Waals surface area (Å²) in [5.74, 6) is 0.779. The number of allylic oxidation sites excluding steroid dienone is 2. The number of hydrogen-bond donors (Lipinski definition) is 1. The molecule has 6 nitrogen and oxygen atoms in total. The van der Waals surface area contributed by atoms with Crippen LogP contribution in [0, 0.1) is 11.8 Å². The van der Waals surface area contributed by atoms with Gasteiger partial charge in [0.25, 0.3) is 0 Å². The first-order chi connectivity index (χ1) is 16.6. The average molecular weight is 465 g/mol. The van der Waals surface area contributed by atoms with Gasteiger partial charge in [0.05, 0.1) is 19.9 Å². The van der Waals surface area contributed by atoms with Gasteiger partial charge < -0.3 is 19.7 Å². The van der Waals surface area contributed by atoms with Crippen LogP contribution in [-0.4, -0.2) is 37.2 Å². The fraction of sp³-hybridized carbons (Fsp3) is 0.429. The van der Waals surface area contributed by atoms with Crippen molar-refractivity contribution in [3.63, 3.8) is 0 Å². The van der Waals surface area contributed by atoms with Crippen LogP contribution in [0.3, 0.4) is 0 Å². The molecule has 1 aliphatic rings. The van der Waals surface area contributed by atoms with Crippen molar-refractivity contribution >= 4 is 17.7 Å². The standard InChI is InChI=1S/C28H36N2O4/c1-4-5-7-14-23-22(19-27(31)34-3)17-18-25(23)30(20-21-12-8-6-9-13-21)28(32)29-24-15-10-11-16-26(24)33-2/h5-13,15-16,22-23,25H,4,14,17-20H2,1-3H3,(H,29,32)/b7-5+. The number of hydrogen-bond acceptors (Lipinski definition) is 4. The van der Waals surface area contributed by atoms with Gasteiger partial charge in [-0.2, -0.15) is 0 Å². The van der Waals surface area contributed by atoms with Crippen molar-refractivity contribution in [2.24, 2.45) is 11.8 Å². The summed E-state index contributed by atoms with van der Waals surface area (Å²) in [6, 6.07) is 17.3. The Morgan fingerprint density at radius 1 is 1.03 bits per heavy atom. The number of benzene rings is 2. The summed E-state index contributed by atoms with van der Waals surface area (Å²) in [6.45, 7) is 2.60. The predicted octanol–water partition coefficient (Wildman–Crippen LogP) is 6.04. The monoisotopic (exact) mass is 464 g/mol. The van der Waals surface area contributed by atoms with Gasteiger partial charge in [-0.1, -0.05) is 61.5 Å². The first-order valence-corrected chi connectivity index (χ1v) is 12.0. The molecule has 1 fully saturated rings. The van der Waals surface area contributed by atoms with Gasteiger partial charge in [0, 0.05) is 19.0 Å². The van der Waals surface area contributed by atoms with Gasteiger partial charge in [-0.05, 0) is 55.2 Å². The van der Waals surface area contributed by atoms with Crippen LogP contribution in [0.4, 0.5) is 10.5 Å². The fourth-order valence-electron chi connectivity index (χ4n) is 4.89. The molecule has 0 spiro atoms. The van der Waals surface area contributed by atoms with Crippen molar-refractivity contribution in [3.8, 4) is 5.75 Å². The molecule has 0 bridgehead atoms. The van der Waals surface area contributed by atoms with E-state index in [1.54, 1.807) is 7.11 Å². The highest BCUT2D eigenvalue weighted by atomic mass is 16.5. The maximum absolute atomic E-state index is 13.7. The summed E-state index contributed by atoms with van der Waals surface area (Å²) in [5, 5.41) is 3.07. The number of rotatable bonds is 10. The lowest BCUT2D eigenvalue weighted by Crippen LogP contribution is -2.45.